The molecule has 9 nitrogen and oxygen atoms in total. The fourth-order valence-corrected chi connectivity index (χ4v) is 3.65. The van der Waals surface area contributed by atoms with Gasteiger partial charge in [0.25, 0.3) is 17.4 Å². The molecule has 0 bridgehead atoms. The molecule has 9 heteroatoms. The van der Waals surface area contributed by atoms with Crippen LogP contribution < -0.4 is 4.74 Å². The molecule has 2 aromatic rings. The molecule has 3 rings (SSSR count). The Hall–Kier alpha value is -3.72. The van der Waals surface area contributed by atoms with Gasteiger partial charge in [0.15, 0.2) is 0 Å². The molecule has 1 N–H and O–H groups in total. The van der Waals surface area contributed by atoms with Crippen LogP contribution in [0.5, 0.6) is 5.75 Å². The van der Waals surface area contributed by atoms with Crippen molar-refractivity contribution < 1.29 is 29.1 Å². The summed E-state index contributed by atoms with van der Waals surface area (Å²) in [5.74, 6) is -1.44. The highest BCUT2D eigenvalue weighted by atomic mass is 16.6. The van der Waals surface area contributed by atoms with E-state index < -0.39 is 28.4 Å². The lowest BCUT2D eigenvalue weighted by Gasteiger charge is -2.25. The zero-order valence-electron chi connectivity index (χ0n) is 18.5. The number of likely N-dealkylation sites (tertiary alicyclic amines) is 1. The first-order chi connectivity index (χ1) is 15.9. The summed E-state index contributed by atoms with van der Waals surface area (Å²) in [6.07, 6.45) is 1.92. The Kier molecular flexibility index (Phi) is 7.78. The lowest BCUT2D eigenvalue weighted by molar-refractivity contribution is -0.384. The first-order valence-corrected chi connectivity index (χ1v) is 10.6. The van der Waals surface area contributed by atoms with Crippen molar-refractivity contribution in [1.82, 2.24) is 4.90 Å². The van der Waals surface area contributed by atoms with Crippen LogP contribution in [0.25, 0.3) is 5.76 Å². The highest BCUT2D eigenvalue weighted by molar-refractivity contribution is 6.46. The molecule has 0 aromatic heterocycles. The van der Waals surface area contributed by atoms with Crippen LogP contribution in [0.15, 0.2) is 54.1 Å². The summed E-state index contributed by atoms with van der Waals surface area (Å²) in [7, 11) is 1.48. The number of methoxy groups -OCH3 is 1. The van der Waals surface area contributed by atoms with E-state index in [0.717, 1.165) is 12.8 Å². The van der Waals surface area contributed by atoms with Crippen molar-refractivity contribution in [1.29, 1.82) is 0 Å². The average molecular weight is 454 g/mol. The van der Waals surface area contributed by atoms with Gasteiger partial charge in [-0.25, -0.2) is 0 Å². The minimum atomic E-state index is -0.871. The molecule has 1 atom stereocenters. The highest BCUT2D eigenvalue weighted by Gasteiger charge is 2.45. The van der Waals surface area contributed by atoms with E-state index in [4.69, 9.17) is 9.47 Å². The molecule has 1 amide bonds. The van der Waals surface area contributed by atoms with Crippen molar-refractivity contribution in [3.8, 4) is 5.75 Å². The number of aliphatic hydroxyl groups excluding tert-OH is 1. The predicted molar refractivity (Wildman–Crippen MR) is 121 cm³/mol. The smallest absolute Gasteiger partial charge is 0.295 e. The zero-order chi connectivity index (χ0) is 24.0. The van der Waals surface area contributed by atoms with Gasteiger partial charge in [0.2, 0.25) is 0 Å². The third kappa shape index (κ3) is 5.20. The summed E-state index contributed by atoms with van der Waals surface area (Å²) >= 11 is 0. The Morgan fingerprint density at radius 2 is 1.88 bits per heavy atom. The second-order valence-electron chi connectivity index (χ2n) is 7.56. The summed E-state index contributed by atoms with van der Waals surface area (Å²) < 4.78 is 10.8. The topological polar surface area (TPSA) is 119 Å². The molecule has 0 spiro atoms. The van der Waals surface area contributed by atoms with Crippen LogP contribution in [0.3, 0.4) is 0 Å². The number of amides is 1. The van der Waals surface area contributed by atoms with Crippen LogP contribution in [-0.4, -0.2) is 53.5 Å². The average Bonchev–Trinajstić information content (AvgIpc) is 3.07. The van der Waals surface area contributed by atoms with Gasteiger partial charge in [0.05, 0.1) is 29.8 Å². The molecule has 1 heterocycles. The van der Waals surface area contributed by atoms with Gasteiger partial charge in [-0.2, -0.15) is 0 Å². The summed E-state index contributed by atoms with van der Waals surface area (Å²) in [4.78, 5) is 37.6. The van der Waals surface area contributed by atoms with Crippen molar-refractivity contribution in [2.45, 2.75) is 25.8 Å². The van der Waals surface area contributed by atoms with Gasteiger partial charge in [0, 0.05) is 31.4 Å². The molecule has 0 aliphatic carbocycles. The van der Waals surface area contributed by atoms with Crippen LogP contribution in [0, 0.1) is 10.1 Å². The normalized spacial score (nSPS) is 17.4. The number of ether oxygens (including phenoxy) is 2. The Labute approximate surface area is 191 Å². The second-order valence-corrected chi connectivity index (χ2v) is 7.56. The number of unbranched alkanes of at least 4 members (excludes halogenated alkanes) is 1. The third-order valence-corrected chi connectivity index (χ3v) is 5.37. The Morgan fingerprint density at radius 1 is 1.15 bits per heavy atom. The first-order valence-electron chi connectivity index (χ1n) is 10.6. The minimum absolute atomic E-state index is 0.0819. The Balaban J connectivity index is 2.06. The quantitative estimate of drug-likeness (QED) is 0.145. The number of hydrogen-bond acceptors (Lipinski definition) is 7. The Bertz CT molecular complexity index is 1060. The predicted octanol–water partition coefficient (Wildman–Crippen LogP) is 3.84. The maximum Gasteiger partial charge on any atom is 0.295 e. The number of nitro benzene ring substituents is 1. The van der Waals surface area contributed by atoms with Crippen molar-refractivity contribution in [3.63, 3.8) is 0 Å². The number of benzene rings is 2. The van der Waals surface area contributed by atoms with Crippen molar-refractivity contribution in [2.24, 2.45) is 0 Å². The second kappa shape index (κ2) is 10.7. The van der Waals surface area contributed by atoms with Crippen molar-refractivity contribution in [3.05, 3.63) is 75.3 Å². The highest BCUT2D eigenvalue weighted by Crippen LogP contribution is 2.40. The van der Waals surface area contributed by atoms with Gasteiger partial charge < -0.3 is 19.5 Å². The van der Waals surface area contributed by atoms with Gasteiger partial charge in [-0.1, -0.05) is 37.6 Å². The largest absolute Gasteiger partial charge is 0.507 e. The van der Waals surface area contributed by atoms with Crippen LogP contribution in [0.2, 0.25) is 0 Å². The molecule has 1 aliphatic rings. The van der Waals surface area contributed by atoms with E-state index in [1.807, 2.05) is 0 Å². The summed E-state index contributed by atoms with van der Waals surface area (Å²) in [6, 6.07) is 11.4. The van der Waals surface area contributed by atoms with Gasteiger partial charge in [-0.05, 0) is 24.1 Å². The number of carbonyl (C=O) groups excluding carboxylic acids is 2. The molecule has 0 saturated carbocycles. The van der Waals surface area contributed by atoms with Crippen LogP contribution >= 0.6 is 0 Å². The van der Waals surface area contributed by atoms with Crippen LogP contribution in [0.1, 0.15) is 36.9 Å². The molecule has 1 fully saturated rings. The fourth-order valence-electron chi connectivity index (χ4n) is 3.65. The number of ketones is 1. The monoisotopic (exact) mass is 454 g/mol. The first kappa shape index (κ1) is 23.9. The van der Waals surface area contributed by atoms with E-state index in [9.17, 15) is 24.8 Å². The maximum atomic E-state index is 12.9. The minimum Gasteiger partial charge on any atom is -0.507 e. The van der Waals surface area contributed by atoms with Crippen molar-refractivity contribution in [2.75, 3.05) is 26.9 Å². The number of Topliss-reactive ketones (excluding diaryl/α,β-unsaturated/α-hetero) is 1. The molecule has 2 aromatic carbocycles. The lowest BCUT2D eigenvalue weighted by atomic mass is 9.95. The molecule has 1 saturated heterocycles. The molecule has 33 heavy (non-hydrogen) atoms. The molecular formula is C24H26N2O7. The number of nitro groups is 1. The Morgan fingerprint density at radius 3 is 2.52 bits per heavy atom. The number of non-ortho nitro benzene ring substituents is 1. The molecular weight excluding hydrogens is 428 g/mol. The third-order valence-electron chi connectivity index (χ3n) is 5.37. The zero-order valence-corrected chi connectivity index (χ0v) is 18.5. The summed E-state index contributed by atoms with van der Waals surface area (Å²) in [5.41, 5.74) is 0.313. The van der Waals surface area contributed by atoms with Crippen LogP contribution in [-0.2, 0) is 14.3 Å². The van der Waals surface area contributed by atoms with E-state index >= 15 is 0 Å². The van der Waals surface area contributed by atoms with E-state index in [-0.39, 0.29) is 30.0 Å². The maximum absolute atomic E-state index is 12.9. The number of rotatable bonds is 10. The lowest BCUT2D eigenvalue weighted by Crippen LogP contribution is -2.32. The van der Waals surface area contributed by atoms with Crippen molar-refractivity contribution >= 4 is 23.1 Å². The molecule has 174 valence electrons. The van der Waals surface area contributed by atoms with E-state index in [1.165, 1.54) is 36.3 Å². The molecule has 1 unspecified atom stereocenters. The van der Waals surface area contributed by atoms with Crippen LogP contribution in [0.4, 0.5) is 5.69 Å². The fraction of sp³-hybridized carbons (Fsp3) is 0.333. The summed E-state index contributed by atoms with van der Waals surface area (Å²) in [5, 5.41) is 22.1. The van der Waals surface area contributed by atoms with E-state index in [0.29, 0.717) is 17.9 Å². The van der Waals surface area contributed by atoms with Gasteiger partial charge in [-0.15, -0.1) is 0 Å². The molecule has 1 aliphatic heterocycles. The van der Waals surface area contributed by atoms with E-state index in [1.54, 1.807) is 24.3 Å². The van der Waals surface area contributed by atoms with Gasteiger partial charge in [-0.3, -0.25) is 19.7 Å². The summed E-state index contributed by atoms with van der Waals surface area (Å²) in [6.45, 7) is 2.97. The van der Waals surface area contributed by atoms with Gasteiger partial charge >= 0.3 is 0 Å². The number of nitrogens with zero attached hydrogens (tertiary/aromatic N) is 2. The van der Waals surface area contributed by atoms with Gasteiger partial charge in [0.1, 0.15) is 11.5 Å². The SMILES string of the molecule is CCCCOc1ccc(C2/C(=C(/O)c3cccc([N+](=O)[O-])c3)C(=O)C(=O)N2CCOC)cc1. The standard InChI is InChI=1S/C24H26N2O7/c1-3-4-13-33-19-10-8-16(9-11-19)21-20(23(28)24(29)25(21)12-14-32-2)22(27)17-6-5-7-18(15-17)26(30)31/h5-11,15,21,27H,3-4,12-14H2,1-2H3/b22-20-. The number of hydrogen-bond donors (Lipinski definition) is 1. The number of carbonyl (C=O) groups is 2. The molecule has 0 radical (unpaired) electrons. The van der Waals surface area contributed by atoms with E-state index in [2.05, 4.69) is 6.92 Å². The number of aliphatic hydroxyl groups is 1.